The van der Waals surface area contributed by atoms with E-state index in [1.54, 1.807) is 6.07 Å². The van der Waals surface area contributed by atoms with Crippen LogP contribution in [0, 0.1) is 0 Å². The average Bonchev–Trinajstić information content (AvgIpc) is 2.51. The Hall–Kier alpha value is 0.370. The van der Waals surface area contributed by atoms with Gasteiger partial charge in [-0.15, -0.1) is 11.3 Å². The molecular weight excluding hydrogens is 389 g/mol. The Morgan fingerprint density at radius 1 is 1.41 bits per heavy atom. The Morgan fingerprint density at radius 2 is 2.06 bits per heavy atom. The van der Waals surface area contributed by atoms with Crippen molar-refractivity contribution in [1.82, 2.24) is 0 Å². The molecular formula is C9H9Br2F3O2S. The van der Waals surface area contributed by atoms with Crippen LogP contribution in [0.1, 0.15) is 18.1 Å². The van der Waals surface area contributed by atoms with Gasteiger partial charge in [-0.05, 0) is 37.9 Å². The number of aliphatic hydroxyl groups excluding tert-OH is 1. The van der Waals surface area contributed by atoms with Crippen LogP contribution in [0.25, 0.3) is 0 Å². The van der Waals surface area contributed by atoms with E-state index in [9.17, 15) is 18.3 Å². The van der Waals surface area contributed by atoms with Gasteiger partial charge in [0.05, 0.1) is 13.7 Å². The molecule has 0 aromatic carbocycles. The predicted octanol–water partition coefficient (Wildman–Crippen LogP) is 4.28. The average molecular weight is 398 g/mol. The topological polar surface area (TPSA) is 29.5 Å². The molecule has 0 bridgehead atoms. The summed E-state index contributed by atoms with van der Waals surface area (Å²) in [6.07, 6.45) is -5.03. The van der Waals surface area contributed by atoms with Crippen LogP contribution in [0.3, 0.4) is 0 Å². The molecule has 1 aromatic heterocycles. The second kappa shape index (κ2) is 6.51. The lowest BCUT2D eigenvalue weighted by Crippen LogP contribution is -2.18. The summed E-state index contributed by atoms with van der Waals surface area (Å²) in [4.78, 5) is 0. The third-order valence-electron chi connectivity index (χ3n) is 1.84. The van der Waals surface area contributed by atoms with E-state index >= 15 is 0 Å². The first-order valence-corrected chi connectivity index (χ1v) is 6.97. The van der Waals surface area contributed by atoms with E-state index in [2.05, 4.69) is 36.6 Å². The number of thiophene rings is 1. The summed E-state index contributed by atoms with van der Waals surface area (Å²) in [5, 5.41) is 9.74. The molecule has 0 radical (unpaired) electrons. The molecule has 17 heavy (non-hydrogen) atoms. The van der Waals surface area contributed by atoms with Gasteiger partial charge in [0.1, 0.15) is 6.61 Å². The maximum absolute atomic E-state index is 11.8. The van der Waals surface area contributed by atoms with Gasteiger partial charge >= 0.3 is 6.18 Å². The summed E-state index contributed by atoms with van der Waals surface area (Å²) in [7, 11) is 0. The van der Waals surface area contributed by atoms with Crippen molar-refractivity contribution in [1.29, 1.82) is 0 Å². The molecule has 1 aromatic rings. The van der Waals surface area contributed by atoms with E-state index in [1.807, 2.05) is 0 Å². The van der Waals surface area contributed by atoms with E-state index in [4.69, 9.17) is 0 Å². The van der Waals surface area contributed by atoms with Gasteiger partial charge in [-0.2, -0.15) is 13.2 Å². The fourth-order valence-electron chi connectivity index (χ4n) is 1.12. The summed E-state index contributed by atoms with van der Waals surface area (Å²) in [6.45, 7) is -1.42. The Labute approximate surface area is 117 Å². The van der Waals surface area contributed by atoms with Crippen LogP contribution in [0.15, 0.2) is 13.6 Å². The summed E-state index contributed by atoms with van der Waals surface area (Å²) in [6, 6.07) is 1.73. The quantitative estimate of drug-likeness (QED) is 0.751. The SMILES string of the molecule is OC(CCOCC(F)(F)F)c1cc(Br)sc1Br. The zero-order valence-corrected chi connectivity index (χ0v) is 12.4. The highest BCUT2D eigenvalue weighted by Gasteiger charge is 2.27. The van der Waals surface area contributed by atoms with Crippen LogP contribution in [0.2, 0.25) is 0 Å². The van der Waals surface area contributed by atoms with Crippen molar-refractivity contribution in [3.8, 4) is 0 Å². The molecule has 1 heterocycles. The van der Waals surface area contributed by atoms with E-state index in [0.717, 1.165) is 7.57 Å². The molecule has 1 atom stereocenters. The largest absolute Gasteiger partial charge is 0.411 e. The maximum Gasteiger partial charge on any atom is 0.411 e. The molecule has 0 amide bonds. The van der Waals surface area contributed by atoms with Crippen LogP contribution in [0.4, 0.5) is 13.2 Å². The third kappa shape index (κ3) is 5.69. The number of halogens is 5. The van der Waals surface area contributed by atoms with Gasteiger partial charge in [0, 0.05) is 18.6 Å². The highest BCUT2D eigenvalue weighted by molar-refractivity contribution is 9.12. The van der Waals surface area contributed by atoms with Gasteiger partial charge in [0.25, 0.3) is 0 Å². The van der Waals surface area contributed by atoms with Crippen molar-refractivity contribution in [3.63, 3.8) is 0 Å². The number of hydrogen-bond donors (Lipinski definition) is 1. The lowest BCUT2D eigenvalue weighted by atomic mass is 10.1. The fraction of sp³-hybridized carbons (Fsp3) is 0.556. The van der Waals surface area contributed by atoms with Gasteiger partial charge in [-0.25, -0.2) is 0 Å². The molecule has 2 nitrogen and oxygen atoms in total. The number of aliphatic hydroxyl groups is 1. The highest BCUT2D eigenvalue weighted by atomic mass is 79.9. The minimum absolute atomic E-state index is 0.123. The fourth-order valence-corrected chi connectivity index (χ4v) is 4.07. The van der Waals surface area contributed by atoms with Gasteiger partial charge in [-0.3, -0.25) is 0 Å². The van der Waals surface area contributed by atoms with E-state index < -0.39 is 18.9 Å². The second-order valence-electron chi connectivity index (χ2n) is 3.25. The molecule has 1 unspecified atom stereocenters. The first-order chi connectivity index (χ1) is 7.79. The Balaban J connectivity index is 2.35. The first-order valence-electron chi connectivity index (χ1n) is 4.57. The van der Waals surface area contributed by atoms with Crippen molar-refractivity contribution in [2.75, 3.05) is 13.2 Å². The van der Waals surface area contributed by atoms with Gasteiger partial charge in [0.15, 0.2) is 0 Å². The minimum Gasteiger partial charge on any atom is -0.388 e. The molecule has 0 aliphatic heterocycles. The normalized spacial score (nSPS) is 14.0. The van der Waals surface area contributed by atoms with Gasteiger partial charge in [0.2, 0.25) is 0 Å². The van der Waals surface area contributed by atoms with E-state index in [1.165, 1.54) is 11.3 Å². The zero-order valence-electron chi connectivity index (χ0n) is 8.43. The molecule has 0 aliphatic carbocycles. The molecule has 0 saturated heterocycles. The predicted molar refractivity (Wildman–Crippen MR) is 66.2 cm³/mol. The zero-order chi connectivity index (χ0) is 13.1. The molecule has 1 rings (SSSR count). The summed E-state index contributed by atoms with van der Waals surface area (Å²) >= 11 is 7.92. The number of hydrogen-bond acceptors (Lipinski definition) is 3. The lowest BCUT2D eigenvalue weighted by Gasteiger charge is -2.11. The Morgan fingerprint density at radius 3 is 2.53 bits per heavy atom. The van der Waals surface area contributed by atoms with Crippen molar-refractivity contribution in [3.05, 3.63) is 19.2 Å². The van der Waals surface area contributed by atoms with Crippen LogP contribution >= 0.6 is 43.2 Å². The number of ether oxygens (including phenoxy) is 1. The molecule has 0 saturated carbocycles. The van der Waals surface area contributed by atoms with Crippen molar-refractivity contribution in [2.45, 2.75) is 18.7 Å². The third-order valence-corrected chi connectivity index (χ3v) is 4.23. The molecule has 0 spiro atoms. The van der Waals surface area contributed by atoms with E-state index in [-0.39, 0.29) is 13.0 Å². The molecule has 98 valence electrons. The van der Waals surface area contributed by atoms with Crippen LogP contribution in [-0.4, -0.2) is 24.5 Å². The minimum atomic E-state index is -4.32. The standard InChI is InChI=1S/C9H9Br2F3O2S/c10-7-3-5(8(11)17-7)6(15)1-2-16-4-9(12,13)14/h3,6,15H,1-2,4H2. The summed E-state index contributed by atoms with van der Waals surface area (Å²) in [5.74, 6) is 0. The van der Waals surface area contributed by atoms with Crippen LogP contribution < -0.4 is 0 Å². The van der Waals surface area contributed by atoms with Gasteiger partial charge < -0.3 is 9.84 Å². The monoisotopic (exact) mass is 396 g/mol. The van der Waals surface area contributed by atoms with Crippen molar-refractivity contribution < 1.29 is 23.0 Å². The number of rotatable bonds is 5. The molecule has 0 fully saturated rings. The van der Waals surface area contributed by atoms with Crippen LogP contribution in [-0.2, 0) is 4.74 Å². The first kappa shape index (κ1) is 15.4. The van der Waals surface area contributed by atoms with Crippen LogP contribution in [0.5, 0.6) is 0 Å². The molecule has 1 N–H and O–H groups in total. The molecule has 8 heteroatoms. The Kier molecular flexibility index (Phi) is 5.91. The second-order valence-corrected chi connectivity index (χ2v) is 7.00. The Bertz CT molecular complexity index is 368. The molecule has 0 aliphatic rings. The smallest absolute Gasteiger partial charge is 0.388 e. The van der Waals surface area contributed by atoms with Gasteiger partial charge in [-0.1, -0.05) is 0 Å². The summed E-state index contributed by atoms with van der Waals surface area (Å²) in [5.41, 5.74) is 0.650. The lowest BCUT2D eigenvalue weighted by molar-refractivity contribution is -0.175. The van der Waals surface area contributed by atoms with E-state index in [0.29, 0.717) is 5.56 Å². The number of alkyl halides is 3. The maximum atomic E-state index is 11.8. The highest BCUT2D eigenvalue weighted by Crippen LogP contribution is 2.36. The summed E-state index contributed by atoms with van der Waals surface area (Å²) < 4.78 is 41.3. The van der Waals surface area contributed by atoms with Crippen molar-refractivity contribution >= 4 is 43.2 Å². The van der Waals surface area contributed by atoms with Crippen molar-refractivity contribution in [2.24, 2.45) is 0 Å².